The Morgan fingerprint density at radius 3 is 2.58 bits per heavy atom. The van der Waals surface area contributed by atoms with E-state index in [4.69, 9.17) is 4.74 Å². The monoisotopic (exact) mass is 361 g/mol. The SMILES string of the molecule is CN(C)CC1C(c2cc(F)cc(OC(=O)C(C)(C)C)c2)CC2CC[C@H]1C2. The number of esters is 1. The number of hydrogen-bond donors (Lipinski definition) is 0. The second-order valence-corrected chi connectivity index (χ2v) is 9.57. The van der Waals surface area contributed by atoms with E-state index in [1.165, 1.54) is 25.3 Å². The zero-order valence-electron chi connectivity index (χ0n) is 16.7. The minimum atomic E-state index is -0.607. The number of nitrogens with zero attached hydrogens (tertiary/aromatic N) is 1. The Balaban J connectivity index is 1.88. The molecule has 0 aliphatic heterocycles. The van der Waals surface area contributed by atoms with E-state index in [0.717, 1.165) is 30.4 Å². The summed E-state index contributed by atoms with van der Waals surface area (Å²) in [6, 6.07) is 4.86. The number of benzene rings is 1. The Kier molecular flexibility index (Phi) is 5.43. The highest BCUT2D eigenvalue weighted by atomic mass is 19.1. The summed E-state index contributed by atoms with van der Waals surface area (Å²) < 4.78 is 19.8. The van der Waals surface area contributed by atoms with Crippen LogP contribution in [0.15, 0.2) is 18.2 Å². The lowest BCUT2D eigenvalue weighted by atomic mass is 9.69. The van der Waals surface area contributed by atoms with Crippen molar-refractivity contribution in [1.29, 1.82) is 0 Å². The summed E-state index contributed by atoms with van der Waals surface area (Å²) in [5, 5.41) is 0. The van der Waals surface area contributed by atoms with E-state index in [9.17, 15) is 9.18 Å². The molecule has 0 spiro atoms. The van der Waals surface area contributed by atoms with Crippen molar-refractivity contribution in [2.75, 3.05) is 20.6 Å². The van der Waals surface area contributed by atoms with Crippen LogP contribution in [0.1, 0.15) is 57.9 Å². The molecule has 144 valence electrons. The van der Waals surface area contributed by atoms with E-state index in [1.54, 1.807) is 6.07 Å². The van der Waals surface area contributed by atoms with Crippen LogP contribution < -0.4 is 4.74 Å². The van der Waals surface area contributed by atoms with Crippen LogP contribution in [0.3, 0.4) is 0 Å². The highest BCUT2D eigenvalue weighted by molar-refractivity contribution is 5.77. The maximum absolute atomic E-state index is 14.3. The fourth-order valence-corrected chi connectivity index (χ4v) is 4.78. The Morgan fingerprint density at radius 1 is 1.19 bits per heavy atom. The minimum Gasteiger partial charge on any atom is -0.426 e. The van der Waals surface area contributed by atoms with Crippen molar-refractivity contribution < 1.29 is 13.9 Å². The molecule has 0 radical (unpaired) electrons. The van der Waals surface area contributed by atoms with Crippen molar-refractivity contribution in [3.63, 3.8) is 0 Å². The summed E-state index contributed by atoms with van der Waals surface area (Å²) in [7, 11) is 4.22. The van der Waals surface area contributed by atoms with Gasteiger partial charge in [0, 0.05) is 12.6 Å². The topological polar surface area (TPSA) is 29.5 Å². The Morgan fingerprint density at radius 2 is 1.92 bits per heavy atom. The van der Waals surface area contributed by atoms with Crippen molar-refractivity contribution in [2.45, 2.75) is 52.4 Å². The average Bonchev–Trinajstić information content (AvgIpc) is 2.91. The molecule has 26 heavy (non-hydrogen) atoms. The maximum Gasteiger partial charge on any atom is 0.316 e. The Labute approximate surface area is 156 Å². The van der Waals surface area contributed by atoms with Gasteiger partial charge in [-0.25, -0.2) is 4.39 Å². The van der Waals surface area contributed by atoms with E-state index in [0.29, 0.717) is 17.6 Å². The van der Waals surface area contributed by atoms with E-state index >= 15 is 0 Å². The molecule has 1 aromatic rings. The van der Waals surface area contributed by atoms with Crippen molar-refractivity contribution in [3.8, 4) is 5.75 Å². The van der Waals surface area contributed by atoms with Crippen LogP contribution in [0.5, 0.6) is 5.75 Å². The first kappa shape index (κ1) is 19.3. The molecule has 4 atom stereocenters. The molecular formula is C22H32FNO2. The molecule has 0 amide bonds. The first-order valence-corrected chi connectivity index (χ1v) is 9.81. The van der Waals surface area contributed by atoms with Gasteiger partial charge < -0.3 is 9.64 Å². The predicted octanol–water partition coefficient (Wildman–Crippen LogP) is 4.86. The second-order valence-electron chi connectivity index (χ2n) is 9.57. The quantitative estimate of drug-likeness (QED) is 0.567. The van der Waals surface area contributed by atoms with Gasteiger partial charge in [0.05, 0.1) is 5.41 Å². The predicted molar refractivity (Wildman–Crippen MR) is 102 cm³/mol. The summed E-state index contributed by atoms with van der Waals surface area (Å²) in [4.78, 5) is 14.5. The van der Waals surface area contributed by atoms with E-state index < -0.39 is 5.41 Å². The third-order valence-electron chi connectivity index (χ3n) is 6.01. The smallest absolute Gasteiger partial charge is 0.316 e. The molecule has 2 aliphatic rings. The number of hydrogen-bond acceptors (Lipinski definition) is 3. The van der Waals surface area contributed by atoms with Gasteiger partial charge >= 0.3 is 5.97 Å². The number of fused-ring (bicyclic) bond motifs is 2. The molecule has 4 heteroatoms. The molecule has 2 fully saturated rings. The molecule has 0 saturated heterocycles. The standard InChI is InChI=1S/C22H32FNO2/c1-22(2,3)21(25)26-18-11-16(10-17(23)12-18)19-9-14-6-7-15(8-14)20(19)13-24(4)5/h10-12,14-15,19-20H,6-9,13H2,1-5H3/t14?,15-,19?,20?/m0/s1. The van der Waals surface area contributed by atoms with E-state index in [1.807, 2.05) is 26.8 Å². The first-order chi connectivity index (χ1) is 12.1. The van der Waals surface area contributed by atoms with Gasteiger partial charge in [0.15, 0.2) is 0 Å². The largest absolute Gasteiger partial charge is 0.426 e. The summed E-state index contributed by atoms with van der Waals surface area (Å²) in [6.45, 7) is 6.44. The zero-order valence-corrected chi connectivity index (χ0v) is 16.7. The highest BCUT2D eigenvalue weighted by Crippen LogP contribution is 2.52. The molecule has 0 aromatic heterocycles. The molecular weight excluding hydrogens is 329 g/mol. The van der Waals surface area contributed by atoms with Crippen molar-refractivity contribution in [1.82, 2.24) is 4.90 Å². The summed E-state index contributed by atoms with van der Waals surface area (Å²) in [5.41, 5.74) is 0.384. The van der Waals surface area contributed by atoms with Gasteiger partial charge in [-0.1, -0.05) is 6.42 Å². The van der Waals surface area contributed by atoms with Crippen LogP contribution in [0.4, 0.5) is 4.39 Å². The average molecular weight is 362 g/mol. The van der Waals surface area contributed by atoms with Crippen LogP contribution in [0.2, 0.25) is 0 Å². The third-order valence-corrected chi connectivity index (χ3v) is 6.01. The first-order valence-electron chi connectivity index (χ1n) is 9.81. The molecule has 1 aromatic carbocycles. The van der Waals surface area contributed by atoms with E-state index in [2.05, 4.69) is 19.0 Å². The fraction of sp³-hybridized carbons (Fsp3) is 0.682. The molecule has 3 nitrogen and oxygen atoms in total. The summed E-state index contributed by atoms with van der Waals surface area (Å²) in [5.74, 6) is 2.05. The van der Waals surface area contributed by atoms with Crippen LogP contribution in [-0.4, -0.2) is 31.5 Å². The Bertz CT molecular complexity index is 665. The van der Waals surface area contributed by atoms with Crippen LogP contribution in [0.25, 0.3) is 0 Å². The number of ether oxygens (including phenoxy) is 1. The normalized spacial score (nSPS) is 28.4. The number of carbonyl (C=O) groups is 1. The number of carbonyl (C=O) groups excluding carboxylic acids is 1. The van der Waals surface area contributed by atoms with Crippen LogP contribution >= 0.6 is 0 Å². The Hall–Kier alpha value is -1.42. The van der Waals surface area contributed by atoms with Gasteiger partial charge in [-0.3, -0.25) is 4.79 Å². The molecule has 2 saturated carbocycles. The number of rotatable bonds is 4. The molecule has 2 bridgehead atoms. The summed E-state index contributed by atoms with van der Waals surface area (Å²) >= 11 is 0. The second kappa shape index (κ2) is 7.30. The van der Waals surface area contributed by atoms with Crippen LogP contribution in [0, 0.1) is 29.0 Å². The zero-order chi connectivity index (χ0) is 19.1. The van der Waals surface area contributed by atoms with Crippen molar-refractivity contribution in [3.05, 3.63) is 29.6 Å². The third kappa shape index (κ3) is 4.28. The van der Waals surface area contributed by atoms with E-state index in [-0.39, 0.29) is 11.8 Å². The maximum atomic E-state index is 14.3. The number of halogens is 1. The molecule has 0 N–H and O–H groups in total. The summed E-state index contributed by atoms with van der Waals surface area (Å²) in [6.07, 6.45) is 5.02. The minimum absolute atomic E-state index is 0.319. The van der Waals surface area contributed by atoms with Gasteiger partial charge in [-0.05, 0) is 95.5 Å². The lowest BCUT2D eigenvalue weighted by Crippen LogP contribution is -2.34. The van der Waals surface area contributed by atoms with Gasteiger partial charge in [0.1, 0.15) is 11.6 Å². The molecule has 2 aliphatic carbocycles. The fourth-order valence-electron chi connectivity index (χ4n) is 4.78. The van der Waals surface area contributed by atoms with Gasteiger partial charge in [-0.15, -0.1) is 0 Å². The lowest BCUT2D eigenvalue weighted by Gasteiger charge is -2.38. The lowest BCUT2D eigenvalue weighted by molar-refractivity contribution is -0.143. The van der Waals surface area contributed by atoms with Crippen molar-refractivity contribution >= 4 is 5.97 Å². The van der Waals surface area contributed by atoms with Gasteiger partial charge in [0.25, 0.3) is 0 Å². The van der Waals surface area contributed by atoms with Crippen molar-refractivity contribution in [2.24, 2.45) is 23.2 Å². The molecule has 3 unspecified atom stereocenters. The van der Waals surface area contributed by atoms with Crippen LogP contribution in [-0.2, 0) is 4.79 Å². The highest BCUT2D eigenvalue weighted by Gasteiger charge is 2.42. The van der Waals surface area contributed by atoms with Gasteiger partial charge in [0.2, 0.25) is 0 Å². The molecule has 3 rings (SSSR count). The molecule has 0 heterocycles. The van der Waals surface area contributed by atoms with Gasteiger partial charge in [-0.2, -0.15) is 0 Å².